The molecule has 0 heterocycles. The number of rotatable bonds is 1. The molecule has 0 spiro atoms. The van der Waals surface area contributed by atoms with Crippen LogP contribution in [0.3, 0.4) is 0 Å². The summed E-state index contributed by atoms with van der Waals surface area (Å²) in [6.07, 6.45) is 0. The predicted octanol–water partition coefficient (Wildman–Crippen LogP) is 1.07. The molecule has 0 aliphatic rings. The first kappa shape index (κ1) is 11.9. The van der Waals surface area contributed by atoms with Crippen molar-refractivity contribution in [3.63, 3.8) is 0 Å². The number of halogens is 2. The Hall–Kier alpha value is -1.21. The normalized spacial score (nSPS) is 9.47. The molecular formula is C8H7BrFN3OS. The number of thiocarbonyl (C=S) groups is 1. The van der Waals surface area contributed by atoms with Crippen molar-refractivity contribution in [3.05, 3.63) is 34.1 Å². The lowest BCUT2D eigenvalue weighted by Crippen LogP contribution is -2.44. The van der Waals surface area contributed by atoms with Crippen LogP contribution in [0.25, 0.3) is 0 Å². The molecule has 0 saturated carbocycles. The zero-order valence-electron chi connectivity index (χ0n) is 7.38. The van der Waals surface area contributed by atoms with Gasteiger partial charge in [-0.15, -0.1) is 0 Å². The van der Waals surface area contributed by atoms with Gasteiger partial charge in [-0.1, -0.05) is 15.9 Å². The monoisotopic (exact) mass is 291 g/mol. The third kappa shape index (κ3) is 3.45. The molecule has 4 nitrogen and oxygen atoms in total. The van der Waals surface area contributed by atoms with Gasteiger partial charge in [0, 0.05) is 4.47 Å². The second kappa shape index (κ2) is 5.04. The van der Waals surface area contributed by atoms with Gasteiger partial charge in [0.05, 0.1) is 5.56 Å². The first-order valence-electron chi connectivity index (χ1n) is 3.81. The van der Waals surface area contributed by atoms with Crippen molar-refractivity contribution in [1.82, 2.24) is 10.9 Å². The molecule has 1 aromatic carbocycles. The molecule has 0 aromatic heterocycles. The molecule has 0 saturated heterocycles. The summed E-state index contributed by atoms with van der Waals surface area (Å²) in [5, 5.41) is -0.0964. The third-order valence-electron chi connectivity index (χ3n) is 1.47. The number of hydrogen-bond donors (Lipinski definition) is 3. The second-order valence-corrected chi connectivity index (χ2v) is 3.92. The molecular weight excluding hydrogens is 285 g/mol. The highest BCUT2D eigenvalue weighted by atomic mass is 79.9. The fraction of sp³-hybridized carbons (Fsp3) is 0. The van der Waals surface area contributed by atoms with Gasteiger partial charge < -0.3 is 5.73 Å². The average molecular weight is 292 g/mol. The second-order valence-electron chi connectivity index (χ2n) is 2.57. The first-order valence-corrected chi connectivity index (χ1v) is 5.01. The van der Waals surface area contributed by atoms with Gasteiger partial charge in [-0.05, 0) is 30.4 Å². The van der Waals surface area contributed by atoms with Gasteiger partial charge in [-0.2, -0.15) is 0 Å². The lowest BCUT2D eigenvalue weighted by molar-refractivity contribution is 0.0940. The van der Waals surface area contributed by atoms with E-state index >= 15 is 0 Å². The minimum Gasteiger partial charge on any atom is -0.375 e. The van der Waals surface area contributed by atoms with E-state index in [1.54, 1.807) is 6.07 Å². The van der Waals surface area contributed by atoms with Crippen molar-refractivity contribution in [3.8, 4) is 0 Å². The van der Waals surface area contributed by atoms with Crippen molar-refractivity contribution in [2.75, 3.05) is 0 Å². The fourth-order valence-electron chi connectivity index (χ4n) is 0.859. The van der Waals surface area contributed by atoms with Crippen molar-refractivity contribution in [1.29, 1.82) is 0 Å². The van der Waals surface area contributed by atoms with Crippen LogP contribution in [-0.4, -0.2) is 11.0 Å². The summed E-state index contributed by atoms with van der Waals surface area (Å²) in [5.74, 6) is -1.28. The van der Waals surface area contributed by atoms with E-state index in [9.17, 15) is 9.18 Å². The van der Waals surface area contributed by atoms with Crippen molar-refractivity contribution in [2.45, 2.75) is 0 Å². The van der Waals surface area contributed by atoms with Crippen molar-refractivity contribution in [2.24, 2.45) is 5.73 Å². The highest BCUT2D eigenvalue weighted by Gasteiger charge is 2.11. The largest absolute Gasteiger partial charge is 0.375 e. The summed E-state index contributed by atoms with van der Waals surface area (Å²) in [4.78, 5) is 11.3. The smallest absolute Gasteiger partial charge is 0.272 e. The highest BCUT2D eigenvalue weighted by molar-refractivity contribution is 9.10. The Morgan fingerprint density at radius 1 is 1.47 bits per heavy atom. The molecule has 0 aliphatic heterocycles. The summed E-state index contributed by atoms with van der Waals surface area (Å²) in [7, 11) is 0. The zero-order chi connectivity index (χ0) is 11.4. The molecule has 1 rings (SSSR count). The van der Waals surface area contributed by atoms with E-state index in [0.29, 0.717) is 4.47 Å². The topological polar surface area (TPSA) is 67.2 Å². The molecule has 1 amide bonds. The molecule has 1 aromatic rings. The maximum atomic E-state index is 13.2. The Labute approximate surface area is 99.1 Å². The number of nitrogens with two attached hydrogens (primary N) is 1. The minimum atomic E-state index is -0.646. The fourth-order valence-corrected chi connectivity index (χ4v) is 1.24. The summed E-state index contributed by atoms with van der Waals surface area (Å²) < 4.78 is 13.8. The Balaban J connectivity index is 2.78. The van der Waals surface area contributed by atoms with E-state index in [2.05, 4.69) is 39.0 Å². The molecule has 80 valence electrons. The van der Waals surface area contributed by atoms with Gasteiger partial charge in [-0.3, -0.25) is 15.6 Å². The molecule has 15 heavy (non-hydrogen) atoms. The lowest BCUT2D eigenvalue weighted by atomic mass is 10.2. The van der Waals surface area contributed by atoms with Crippen LogP contribution in [0, 0.1) is 5.82 Å². The first-order chi connectivity index (χ1) is 7.00. The van der Waals surface area contributed by atoms with E-state index in [-0.39, 0.29) is 10.7 Å². The minimum absolute atomic E-state index is 0.0954. The maximum absolute atomic E-state index is 13.2. The molecule has 0 fully saturated rings. The van der Waals surface area contributed by atoms with E-state index in [1.165, 1.54) is 12.1 Å². The lowest BCUT2D eigenvalue weighted by Gasteiger charge is -2.06. The number of benzene rings is 1. The molecule has 0 radical (unpaired) electrons. The molecule has 7 heteroatoms. The van der Waals surface area contributed by atoms with Crippen LogP contribution >= 0.6 is 28.1 Å². The van der Waals surface area contributed by atoms with E-state index < -0.39 is 11.7 Å². The Bertz CT molecular complexity index is 413. The van der Waals surface area contributed by atoms with Crippen LogP contribution in [0.15, 0.2) is 22.7 Å². The van der Waals surface area contributed by atoms with Crippen molar-refractivity contribution < 1.29 is 9.18 Å². The molecule has 0 bridgehead atoms. The third-order valence-corrected chi connectivity index (χ3v) is 2.07. The number of hydrazine groups is 1. The number of carbonyl (C=O) groups excluding carboxylic acids is 1. The van der Waals surface area contributed by atoms with E-state index in [1.807, 2.05) is 0 Å². The molecule has 0 aliphatic carbocycles. The summed E-state index contributed by atoms with van der Waals surface area (Å²) in [5.41, 5.74) is 9.36. The Morgan fingerprint density at radius 2 is 2.13 bits per heavy atom. The standard InChI is InChI=1S/C8H7BrFN3OS/c9-4-1-2-5(6(10)3-4)7(14)12-13-8(11)15/h1-3H,(H,12,14)(H3,11,13,15). The Kier molecular flexibility index (Phi) is 3.98. The summed E-state index contributed by atoms with van der Waals surface area (Å²) in [6.45, 7) is 0. The molecule has 0 atom stereocenters. The molecule has 0 unspecified atom stereocenters. The zero-order valence-corrected chi connectivity index (χ0v) is 9.78. The number of carbonyl (C=O) groups is 1. The van der Waals surface area contributed by atoms with Crippen LogP contribution in [0.1, 0.15) is 10.4 Å². The van der Waals surface area contributed by atoms with Crippen LogP contribution in [0.2, 0.25) is 0 Å². The van der Waals surface area contributed by atoms with E-state index in [0.717, 1.165) is 0 Å². The van der Waals surface area contributed by atoms with Gasteiger partial charge in [0.1, 0.15) is 5.82 Å². The van der Waals surface area contributed by atoms with Gasteiger partial charge in [0.2, 0.25) is 0 Å². The number of hydrogen-bond acceptors (Lipinski definition) is 2. The van der Waals surface area contributed by atoms with Crippen LogP contribution < -0.4 is 16.6 Å². The number of nitrogens with one attached hydrogen (secondary N) is 2. The summed E-state index contributed by atoms with van der Waals surface area (Å²) in [6, 6.07) is 4.09. The maximum Gasteiger partial charge on any atom is 0.272 e. The van der Waals surface area contributed by atoms with Crippen LogP contribution in [0.5, 0.6) is 0 Å². The van der Waals surface area contributed by atoms with Crippen LogP contribution in [-0.2, 0) is 0 Å². The van der Waals surface area contributed by atoms with Gasteiger partial charge in [-0.25, -0.2) is 4.39 Å². The van der Waals surface area contributed by atoms with Crippen molar-refractivity contribution >= 4 is 39.2 Å². The van der Waals surface area contributed by atoms with E-state index in [4.69, 9.17) is 5.73 Å². The SMILES string of the molecule is NC(=S)NNC(=O)c1ccc(Br)cc1F. The van der Waals surface area contributed by atoms with Crippen LogP contribution in [0.4, 0.5) is 4.39 Å². The summed E-state index contributed by atoms with van der Waals surface area (Å²) >= 11 is 7.55. The predicted molar refractivity (Wildman–Crippen MR) is 61.5 cm³/mol. The Morgan fingerprint density at radius 3 is 2.67 bits per heavy atom. The average Bonchev–Trinajstić information content (AvgIpc) is 2.14. The van der Waals surface area contributed by atoms with Gasteiger partial charge in [0.15, 0.2) is 5.11 Å². The number of amides is 1. The molecule has 4 N–H and O–H groups in total. The highest BCUT2D eigenvalue weighted by Crippen LogP contribution is 2.14. The van der Waals surface area contributed by atoms with Gasteiger partial charge in [0.25, 0.3) is 5.91 Å². The van der Waals surface area contributed by atoms with Gasteiger partial charge >= 0.3 is 0 Å². The quantitative estimate of drug-likeness (QED) is 0.535.